The topological polar surface area (TPSA) is 92.9 Å². The van der Waals surface area contributed by atoms with E-state index >= 15 is 0 Å². The Balaban J connectivity index is 1.39. The molecule has 0 unspecified atom stereocenters. The highest BCUT2D eigenvalue weighted by Crippen LogP contribution is 2.26. The number of amides is 1. The molecule has 7 nitrogen and oxygen atoms in total. The minimum atomic E-state index is -3.86. The summed E-state index contributed by atoms with van der Waals surface area (Å²) in [6.07, 6.45) is 0.961. The van der Waals surface area contributed by atoms with Crippen LogP contribution < -0.4 is 9.88 Å². The normalized spacial score (nSPS) is 17.1. The Morgan fingerprint density at radius 3 is 2.59 bits per heavy atom. The molecule has 2 aliphatic rings. The van der Waals surface area contributed by atoms with E-state index in [9.17, 15) is 13.2 Å². The Bertz CT molecular complexity index is 1040. The molecule has 2 heterocycles. The first kappa shape index (κ1) is 19.9. The first-order chi connectivity index (χ1) is 13.8. The minimum absolute atomic E-state index is 0.00238. The van der Waals surface area contributed by atoms with Crippen LogP contribution in [-0.4, -0.2) is 56.9 Å². The van der Waals surface area contributed by atoms with Crippen molar-refractivity contribution in [1.29, 1.82) is 0 Å². The van der Waals surface area contributed by atoms with Crippen LogP contribution >= 0.6 is 0 Å². The van der Waals surface area contributed by atoms with E-state index in [-0.39, 0.29) is 10.8 Å². The molecule has 2 aliphatic heterocycles. The Labute approximate surface area is 171 Å². The lowest BCUT2D eigenvalue weighted by molar-refractivity contribution is 0.0628. The summed E-state index contributed by atoms with van der Waals surface area (Å²) in [5.41, 5.74) is 3.41. The van der Waals surface area contributed by atoms with E-state index in [0.29, 0.717) is 24.2 Å². The fraction of sp³-hybridized carbons (Fsp3) is 0.381. The lowest BCUT2D eigenvalue weighted by Gasteiger charge is -2.35. The third kappa shape index (κ3) is 4.29. The van der Waals surface area contributed by atoms with Gasteiger partial charge in [0.25, 0.3) is 5.91 Å². The van der Waals surface area contributed by atoms with Gasteiger partial charge in [0.05, 0.1) is 11.5 Å². The smallest absolute Gasteiger partial charge is 0.253 e. The number of piperazine rings is 1. The molecule has 2 N–H and O–H groups in total. The van der Waals surface area contributed by atoms with Crippen molar-refractivity contribution in [1.82, 2.24) is 9.80 Å². The van der Waals surface area contributed by atoms with Crippen molar-refractivity contribution in [3.63, 3.8) is 0 Å². The van der Waals surface area contributed by atoms with E-state index in [1.54, 1.807) is 24.0 Å². The fourth-order valence-electron chi connectivity index (χ4n) is 3.93. The highest BCUT2D eigenvalue weighted by molar-refractivity contribution is 7.89. The Morgan fingerprint density at radius 2 is 1.86 bits per heavy atom. The maximum Gasteiger partial charge on any atom is 0.253 e. The summed E-state index contributed by atoms with van der Waals surface area (Å²) in [5.74, 6) is 0.824. The van der Waals surface area contributed by atoms with Crippen LogP contribution in [0.15, 0.2) is 41.3 Å². The zero-order valence-electron chi connectivity index (χ0n) is 16.4. The van der Waals surface area contributed by atoms with E-state index in [1.165, 1.54) is 17.2 Å². The molecule has 0 aromatic heterocycles. The lowest BCUT2D eigenvalue weighted by Crippen LogP contribution is -2.48. The maximum atomic E-state index is 12.8. The molecule has 4 rings (SSSR count). The van der Waals surface area contributed by atoms with Gasteiger partial charge < -0.3 is 9.64 Å². The standard InChI is InChI=1S/C21H25N3O4S/c1-15-2-4-18(13-20(15)29(22,26)27)21(25)24-9-7-23(8-10-24)14-16-3-5-19-17(12-16)6-11-28-19/h2-5,12-13H,6-11,14H2,1H3,(H2,22,26,27). The van der Waals surface area contributed by atoms with E-state index in [0.717, 1.165) is 38.4 Å². The summed E-state index contributed by atoms with van der Waals surface area (Å²) < 4.78 is 29.0. The van der Waals surface area contributed by atoms with Crippen LogP contribution in [-0.2, 0) is 23.0 Å². The third-order valence-corrected chi connectivity index (χ3v) is 6.61. The van der Waals surface area contributed by atoms with Crippen LogP contribution in [0.2, 0.25) is 0 Å². The zero-order valence-corrected chi connectivity index (χ0v) is 17.2. The Hall–Kier alpha value is -2.42. The third-order valence-electron chi connectivity index (χ3n) is 5.56. The predicted octanol–water partition coefficient (Wildman–Crippen LogP) is 1.54. The predicted molar refractivity (Wildman–Crippen MR) is 109 cm³/mol. The molecule has 2 aromatic rings. The van der Waals surface area contributed by atoms with Gasteiger partial charge in [0.2, 0.25) is 10.0 Å². The van der Waals surface area contributed by atoms with Crippen molar-refractivity contribution < 1.29 is 17.9 Å². The first-order valence-corrected chi connectivity index (χ1v) is 11.3. The Morgan fingerprint density at radius 1 is 1.10 bits per heavy atom. The molecule has 8 heteroatoms. The highest BCUT2D eigenvalue weighted by Gasteiger charge is 2.24. The molecule has 29 heavy (non-hydrogen) atoms. The molecule has 0 saturated carbocycles. The summed E-state index contributed by atoms with van der Waals surface area (Å²) in [6.45, 7) is 6.01. The van der Waals surface area contributed by atoms with Gasteiger partial charge in [0, 0.05) is 44.7 Å². The van der Waals surface area contributed by atoms with Crippen LogP contribution in [0.25, 0.3) is 0 Å². The number of fused-ring (bicyclic) bond motifs is 1. The molecule has 0 spiro atoms. The highest BCUT2D eigenvalue weighted by atomic mass is 32.2. The molecule has 2 aromatic carbocycles. The average Bonchev–Trinajstić information content (AvgIpc) is 3.15. The number of primary sulfonamides is 1. The fourth-order valence-corrected chi connectivity index (χ4v) is 4.74. The van der Waals surface area contributed by atoms with Crippen molar-refractivity contribution in [3.05, 3.63) is 58.7 Å². The minimum Gasteiger partial charge on any atom is -0.493 e. The number of benzene rings is 2. The molecule has 0 bridgehead atoms. The van der Waals surface area contributed by atoms with Gasteiger partial charge in [0.1, 0.15) is 5.75 Å². The molecule has 154 valence electrons. The number of hydrogen-bond acceptors (Lipinski definition) is 5. The molecule has 1 fully saturated rings. The summed E-state index contributed by atoms with van der Waals surface area (Å²) in [4.78, 5) is 16.9. The molecule has 1 amide bonds. The van der Waals surface area contributed by atoms with Crippen molar-refractivity contribution in [2.45, 2.75) is 24.8 Å². The molecule has 0 atom stereocenters. The van der Waals surface area contributed by atoms with Crippen LogP contribution in [0.4, 0.5) is 0 Å². The van der Waals surface area contributed by atoms with E-state index < -0.39 is 10.0 Å². The zero-order chi connectivity index (χ0) is 20.6. The van der Waals surface area contributed by atoms with Crippen LogP contribution in [0, 0.1) is 6.92 Å². The summed E-state index contributed by atoms with van der Waals surface area (Å²) in [7, 11) is -3.86. The molecule has 1 saturated heterocycles. The molecule has 0 aliphatic carbocycles. The number of nitrogens with two attached hydrogens (primary N) is 1. The van der Waals surface area contributed by atoms with Crippen molar-refractivity contribution >= 4 is 15.9 Å². The summed E-state index contributed by atoms with van der Waals surface area (Å²) >= 11 is 0. The number of nitrogens with zero attached hydrogens (tertiary/aromatic N) is 2. The number of rotatable bonds is 4. The first-order valence-electron chi connectivity index (χ1n) is 9.71. The Kier molecular flexibility index (Phi) is 5.33. The van der Waals surface area contributed by atoms with Gasteiger partial charge >= 0.3 is 0 Å². The lowest BCUT2D eigenvalue weighted by atomic mass is 10.1. The van der Waals surface area contributed by atoms with Gasteiger partial charge in [0.15, 0.2) is 0 Å². The molecular weight excluding hydrogens is 390 g/mol. The van der Waals surface area contributed by atoms with Crippen molar-refractivity contribution in [2.24, 2.45) is 5.14 Å². The van der Waals surface area contributed by atoms with Crippen LogP contribution in [0.5, 0.6) is 5.75 Å². The largest absolute Gasteiger partial charge is 0.493 e. The van der Waals surface area contributed by atoms with Gasteiger partial charge in [-0.15, -0.1) is 0 Å². The molecular formula is C21H25N3O4S. The number of carbonyl (C=O) groups is 1. The number of hydrogen-bond donors (Lipinski definition) is 1. The van der Waals surface area contributed by atoms with E-state index in [1.807, 2.05) is 6.07 Å². The maximum absolute atomic E-state index is 12.8. The SMILES string of the molecule is Cc1ccc(C(=O)N2CCN(Cc3ccc4c(c3)CCO4)CC2)cc1S(N)(=O)=O. The van der Waals surface area contributed by atoms with E-state index in [2.05, 4.69) is 17.0 Å². The molecule has 0 radical (unpaired) electrons. The number of aryl methyl sites for hydroxylation is 1. The van der Waals surface area contributed by atoms with Gasteiger partial charge in [-0.1, -0.05) is 18.2 Å². The number of carbonyl (C=O) groups excluding carboxylic acids is 1. The summed E-state index contributed by atoms with van der Waals surface area (Å²) in [6, 6.07) is 11.0. The number of sulfonamides is 1. The van der Waals surface area contributed by atoms with Gasteiger partial charge in [-0.05, 0) is 41.8 Å². The summed E-state index contributed by atoms with van der Waals surface area (Å²) in [5, 5.41) is 5.26. The number of ether oxygens (including phenoxy) is 1. The second-order valence-corrected chi connectivity index (χ2v) is 9.16. The van der Waals surface area contributed by atoms with Gasteiger partial charge in [-0.2, -0.15) is 0 Å². The van der Waals surface area contributed by atoms with Gasteiger partial charge in [-0.3, -0.25) is 9.69 Å². The average molecular weight is 416 g/mol. The van der Waals surface area contributed by atoms with E-state index in [4.69, 9.17) is 9.88 Å². The van der Waals surface area contributed by atoms with Crippen LogP contribution in [0.3, 0.4) is 0 Å². The monoisotopic (exact) mass is 415 g/mol. The van der Waals surface area contributed by atoms with Crippen molar-refractivity contribution in [2.75, 3.05) is 32.8 Å². The second-order valence-electron chi connectivity index (χ2n) is 7.63. The van der Waals surface area contributed by atoms with Crippen molar-refractivity contribution in [3.8, 4) is 5.75 Å². The van der Waals surface area contributed by atoms with Gasteiger partial charge in [-0.25, -0.2) is 13.6 Å². The van der Waals surface area contributed by atoms with Crippen LogP contribution in [0.1, 0.15) is 27.0 Å². The second kappa shape index (κ2) is 7.78. The quantitative estimate of drug-likeness (QED) is 0.818.